The standard InChI is InChI=1S/C24H28N4.2ClH/c1-3-7-19(8-4-1)11-12-24-17-25-14-22(24)16-28(18-24)15-21-13-26-27-23(21)20-9-5-2-6-10-20;;/h1-10,13,22,25H,11-12,14-18H2,(H,26,27);2*1H. The van der Waals surface area contributed by atoms with E-state index in [1.165, 1.54) is 42.6 Å². The van der Waals surface area contributed by atoms with Crippen LogP contribution in [0.4, 0.5) is 0 Å². The number of rotatable bonds is 6. The molecule has 2 N–H and O–H groups in total. The monoisotopic (exact) mass is 444 g/mol. The normalized spacial score (nSPS) is 22.9. The van der Waals surface area contributed by atoms with Gasteiger partial charge in [-0.05, 0) is 36.4 Å². The molecule has 0 amide bonds. The van der Waals surface area contributed by atoms with E-state index in [1.807, 2.05) is 6.20 Å². The Morgan fingerprint density at radius 1 is 1.00 bits per heavy atom. The first kappa shape index (κ1) is 22.8. The van der Waals surface area contributed by atoms with Crippen molar-refractivity contribution in [2.24, 2.45) is 11.3 Å². The van der Waals surface area contributed by atoms with Crippen molar-refractivity contribution in [1.82, 2.24) is 20.4 Å². The topological polar surface area (TPSA) is 44.0 Å². The molecule has 2 aliphatic heterocycles. The molecule has 2 aromatic carbocycles. The minimum absolute atomic E-state index is 0. The van der Waals surface area contributed by atoms with Crippen LogP contribution in [-0.4, -0.2) is 41.3 Å². The Morgan fingerprint density at radius 3 is 2.50 bits per heavy atom. The smallest absolute Gasteiger partial charge is 0.0695 e. The van der Waals surface area contributed by atoms with Crippen LogP contribution < -0.4 is 5.32 Å². The van der Waals surface area contributed by atoms with Gasteiger partial charge in [-0.25, -0.2) is 0 Å². The number of hydrogen-bond donors (Lipinski definition) is 2. The molecule has 2 aliphatic rings. The SMILES string of the molecule is Cl.Cl.c1ccc(CCC23CNCC2CN(Cc2cn[nH]c2-c2ccccc2)C3)cc1. The summed E-state index contributed by atoms with van der Waals surface area (Å²) in [7, 11) is 0. The second kappa shape index (κ2) is 9.97. The molecular weight excluding hydrogens is 415 g/mol. The fourth-order valence-corrected chi connectivity index (χ4v) is 5.18. The Balaban J connectivity index is 0.00000128. The molecule has 2 unspecified atom stereocenters. The minimum atomic E-state index is 0. The molecule has 1 aromatic heterocycles. The van der Waals surface area contributed by atoms with Crippen LogP contribution in [0.3, 0.4) is 0 Å². The molecule has 30 heavy (non-hydrogen) atoms. The Hall–Kier alpha value is -1.85. The number of aryl methyl sites for hydroxylation is 1. The van der Waals surface area contributed by atoms with Gasteiger partial charge in [-0.1, -0.05) is 60.7 Å². The number of halogens is 2. The average Bonchev–Trinajstić information content (AvgIpc) is 3.43. The van der Waals surface area contributed by atoms with Gasteiger partial charge in [0.15, 0.2) is 0 Å². The Kier molecular flexibility index (Phi) is 7.59. The van der Waals surface area contributed by atoms with Gasteiger partial charge in [-0.3, -0.25) is 10.00 Å². The summed E-state index contributed by atoms with van der Waals surface area (Å²) in [6, 6.07) is 21.5. The van der Waals surface area contributed by atoms with E-state index in [0.29, 0.717) is 5.41 Å². The van der Waals surface area contributed by atoms with Gasteiger partial charge < -0.3 is 5.32 Å². The van der Waals surface area contributed by atoms with Crippen molar-refractivity contribution >= 4 is 24.8 Å². The quantitative estimate of drug-likeness (QED) is 0.584. The van der Waals surface area contributed by atoms with E-state index < -0.39 is 0 Å². The maximum Gasteiger partial charge on any atom is 0.0695 e. The summed E-state index contributed by atoms with van der Waals surface area (Å²) in [5.74, 6) is 0.753. The third kappa shape index (κ3) is 4.57. The fraction of sp³-hybridized carbons (Fsp3) is 0.375. The zero-order chi connectivity index (χ0) is 18.8. The largest absolute Gasteiger partial charge is 0.316 e. The number of H-pyrrole nitrogens is 1. The van der Waals surface area contributed by atoms with Gasteiger partial charge in [0.2, 0.25) is 0 Å². The number of aromatic nitrogens is 2. The van der Waals surface area contributed by atoms with Crippen molar-refractivity contribution in [3.8, 4) is 11.3 Å². The molecule has 2 saturated heterocycles. The van der Waals surface area contributed by atoms with Gasteiger partial charge in [0.05, 0.1) is 11.9 Å². The summed E-state index contributed by atoms with van der Waals surface area (Å²) in [5.41, 5.74) is 5.55. The first-order chi connectivity index (χ1) is 13.8. The average molecular weight is 445 g/mol. The summed E-state index contributed by atoms with van der Waals surface area (Å²) in [5, 5.41) is 11.2. The van der Waals surface area contributed by atoms with Crippen molar-refractivity contribution in [2.45, 2.75) is 19.4 Å². The molecule has 5 rings (SSSR count). The number of benzene rings is 2. The number of likely N-dealkylation sites (tertiary alicyclic amines) is 1. The predicted molar refractivity (Wildman–Crippen MR) is 127 cm³/mol. The number of nitrogens with one attached hydrogen (secondary N) is 2. The lowest BCUT2D eigenvalue weighted by Gasteiger charge is -2.28. The molecule has 2 atom stereocenters. The Morgan fingerprint density at radius 2 is 1.73 bits per heavy atom. The highest BCUT2D eigenvalue weighted by Crippen LogP contribution is 2.43. The van der Waals surface area contributed by atoms with Gasteiger partial charge in [0.25, 0.3) is 0 Å². The molecule has 6 heteroatoms. The molecule has 0 spiro atoms. The number of nitrogens with zero attached hydrogens (tertiary/aromatic N) is 2. The lowest BCUT2D eigenvalue weighted by molar-refractivity contribution is 0.237. The van der Waals surface area contributed by atoms with E-state index >= 15 is 0 Å². The van der Waals surface area contributed by atoms with Crippen LogP contribution in [0, 0.1) is 11.3 Å². The van der Waals surface area contributed by atoms with Gasteiger partial charge >= 0.3 is 0 Å². The molecule has 4 nitrogen and oxygen atoms in total. The van der Waals surface area contributed by atoms with Crippen LogP contribution in [0.25, 0.3) is 11.3 Å². The Labute approximate surface area is 191 Å². The summed E-state index contributed by atoms with van der Waals surface area (Å²) < 4.78 is 0. The summed E-state index contributed by atoms with van der Waals surface area (Å²) in [6.45, 7) is 5.64. The first-order valence-corrected chi connectivity index (χ1v) is 10.4. The van der Waals surface area contributed by atoms with Crippen LogP contribution in [0.5, 0.6) is 0 Å². The number of fused-ring (bicyclic) bond motifs is 1. The second-order valence-electron chi connectivity index (χ2n) is 8.48. The van der Waals surface area contributed by atoms with Crippen molar-refractivity contribution in [3.63, 3.8) is 0 Å². The van der Waals surface area contributed by atoms with Crippen molar-refractivity contribution in [1.29, 1.82) is 0 Å². The molecule has 0 radical (unpaired) electrons. The maximum absolute atomic E-state index is 4.34. The third-order valence-corrected chi connectivity index (χ3v) is 6.68. The van der Waals surface area contributed by atoms with E-state index in [2.05, 4.69) is 81.1 Å². The van der Waals surface area contributed by atoms with E-state index in [-0.39, 0.29) is 24.8 Å². The molecule has 2 fully saturated rings. The molecule has 3 heterocycles. The number of hydrogen-bond acceptors (Lipinski definition) is 3. The summed E-state index contributed by atoms with van der Waals surface area (Å²) >= 11 is 0. The molecule has 0 saturated carbocycles. The summed E-state index contributed by atoms with van der Waals surface area (Å²) in [6.07, 6.45) is 4.45. The van der Waals surface area contributed by atoms with E-state index in [9.17, 15) is 0 Å². The maximum atomic E-state index is 4.34. The van der Waals surface area contributed by atoms with Gasteiger partial charge in [-0.2, -0.15) is 5.10 Å². The van der Waals surface area contributed by atoms with E-state index in [1.54, 1.807) is 0 Å². The van der Waals surface area contributed by atoms with E-state index in [4.69, 9.17) is 0 Å². The lowest BCUT2D eigenvalue weighted by Crippen LogP contribution is -2.33. The third-order valence-electron chi connectivity index (χ3n) is 6.68. The van der Waals surface area contributed by atoms with Crippen LogP contribution in [0.2, 0.25) is 0 Å². The van der Waals surface area contributed by atoms with Crippen LogP contribution >= 0.6 is 24.8 Å². The molecule has 160 valence electrons. The molecule has 3 aromatic rings. The zero-order valence-electron chi connectivity index (χ0n) is 17.1. The Bertz CT molecular complexity index is 915. The van der Waals surface area contributed by atoms with Crippen molar-refractivity contribution in [3.05, 3.63) is 78.0 Å². The van der Waals surface area contributed by atoms with Crippen LogP contribution in [0.1, 0.15) is 17.5 Å². The van der Waals surface area contributed by atoms with Crippen LogP contribution in [0.15, 0.2) is 66.9 Å². The molecule has 0 bridgehead atoms. The van der Waals surface area contributed by atoms with Gasteiger partial charge in [-0.15, -0.1) is 24.8 Å². The van der Waals surface area contributed by atoms with Crippen molar-refractivity contribution < 1.29 is 0 Å². The summed E-state index contributed by atoms with van der Waals surface area (Å²) in [4.78, 5) is 2.65. The van der Waals surface area contributed by atoms with Crippen molar-refractivity contribution in [2.75, 3.05) is 26.2 Å². The fourth-order valence-electron chi connectivity index (χ4n) is 5.18. The van der Waals surface area contributed by atoms with Gasteiger partial charge in [0.1, 0.15) is 0 Å². The molecular formula is C24H30Cl2N4. The minimum Gasteiger partial charge on any atom is -0.316 e. The second-order valence-corrected chi connectivity index (χ2v) is 8.48. The molecule has 0 aliphatic carbocycles. The first-order valence-electron chi connectivity index (χ1n) is 10.4. The van der Waals surface area contributed by atoms with Crippen LogP contribution in [-0.2, 0) is 13.0 Å². The van der Waals surface area contributed by atoms with Gasteiger partial charge in [0, 0.05) is 37.2 Å². The predicted octanol–water partition coefficient (Wildman–Crippen LogP) is 4.57. The lowest BCUT2D eigenvalue weighted by atomic mass is 9.76. The highest BCUT2D eigenvalue weighted by molar-refractivity contribution is 5.85. The van der Waals surface area contributed by atoms with E-state index in [0.717, 1.165) is 31.2 Å². The number of aromatic amines is 1. The highest BCUT2D eigenvalue weighted by atomic mass is 35.5. The zero-order valence-corrected chi connectivity index (χ0v) is 18.7. The highest BCUT2D eigenvalue weighted by Gasteiger charge is 2.48.